The number of hydrogen-bond donors (Lipinski definition) is 1. The molecule has 2 rings (SSSR count). The van der Waals surface area contributed by atoms with Crippen molar-refractivity contribution >= 4 is 11.7 Å². The minimum absolute atomic E-state index is 0.133. The smallest absolute Gasteiger partial charge is 0.272 e. The van der Waals surface area contributed by atoms with Crippen LogP contribution in [0.3, 0.4) is 0 Å². The average Bonchev–Trinajstić information content (AvgIpc) is 2.41. The topological polar surface area (TPSA) is 72.0 Å². The first-order valence-electron chi connectivity index (χ1n) is 6.70. The lowest BCUT2D eigenvalue weighted by atomic mass is 9.87. The van der Waals surface area contributed by atoms with Gasteiger partial charge in [0.15, 0.2) is 11.5 Å². The molecule has 1 aliphatic rings. The molecule has 0 unspecified atom stereocenters. The third kappa shape index (κ3) is 3.36. The Bertz CT molecular complexity index is 479. The van der Waals surface area contributed by atoms with Crippen molar-refractivity contribution in [1.29, 1.82) is 0 Å². The Labute approximate surface area is 112 Å². The van der Waals surface area contributed by atoms with E-state index < -0.39 is 0 Å². The highest BCUT2D eigenvalue weighted by Gasteiger charge is 2.23. The normalized spacial score (nSPS) is 22.8. The van der Waals surface area contributed by atoms with Gasteiger partial charge < -0.3 is 5.32 Å². The molecule has 1 aromatic rings. The summed E-state index contributed by atoms with van der Waals surface area (Å²) < 4.78 is 0. The van der Waals surface area contributed by atoms with Gasteiger partial charge in [-0.15, -0.1) is 0 Å². The number of rotatable bonds is 3. The molecule has 5 nitrogen and oxygen atoms in total. The van der Waals surface area contributed by atoms with Gasteiger partial charge in [0, 0.05) is 25.4 Å². The zero-order chi connectivity index (χ0) is 13.8. The molecule has 1 aromatic heterocycles. The lowest BCUT2D eigenvalue weighted by molar-refractivity contribution is 0.0904. The molecule has 1 aliphatic carbocycles. The Kier molecular flexibility index (Phi) is 4.24. The van der Waals surface area contributed by atoms with Crippen LogP contribution in [0.25, 0.3) is 0 Å². The van der Waals surface area contributed by atoms with Crippen LogP contribution in [0.4, 0.5) is 0 Å². The maximum atomic E-state index is 12.2. The van der Waals surface area contributed by atoms with Gasteiger partial charge in [-0.3, -0.25) is 9.59 Å². The van der Waals surface area contributed by atoms with Gasteiger partial charge in [-0.25, -0.2) is 9.97 Å². The van der Waals surface area contributed by atoms with Crippen molar-refractivity contribution in [2.75, 3.05) is 0 Å². The van der Waals surface area contributed by atoms with Crippen molar-refractivity contribution in [3.8, 4) is 0 Å². The van der Waals surface area contributed by atoms with E-state index in [2.05, 4.69) is 22.2 Å². The van der Waals surface area contributed by atoms with Crippen LogP contribution in [0.5, 0.6) is 0 Å². The lowest BCUT2D eigenvalue weighted by Crippen LogP contribution is -2.38. The van der Waals surface area contributed by atoms with Crippen LogP contribution in [0, 0.1) is 5.92 Å². The number of aromatic nitrogens is 2. The second-order valence-corrected chi connectivity index (χ2v) is 5.24. The van der Waals surface area contributed by atoms with Gasteiger partial charge in [0.1, 0.15) is 5.69 Å². The van der Waals surface area contributed by atoms with E-state index >= 15 is 0 Å². The molecule has 0 saturated heterocycles. The van der Waals surface area contributed by atoms with E-state index in [1.807, 2.05) is 0 Å². The first-order valence-corrected chi connectivity index (χ1v) is 6.70. The molecule has 0 aliphatic heterocycles. The van der Waals surface area contributed by atoms with Gasteiger partial charge in [-0.1, -0.05) is 6.92 Å². The number of amides is 1. The highest BCUT2D eigenvalue weighted by atomic mass is 16.2. The first-order chi connectivity index (χ1) is 9.08. The van der Waals surface area contributed by atoms with E-state index in [9.17, 15) is 9.59 Å². The van der Waals surface area contributed by atoms with E-state index in [4.69, 9.17) is 0 Å². The largest absolute Gasteiger partial charge is 0.348 e. The Hall–Kier alpha value is -1.78. The monoisotopic (exact) mass is 261 g/mol. The number of ketones is 1. The number of carbonyl (C=O) groups excluding carboxylic acids is 2. The highest BCUT2D eigenvalue weighted by molar-refractivity contribution is 6.04. The van der Waals surface area contributed by atoms with Crippen molar-refractivity contribution in [2.45, 2.75) is 45.6 Å². The maximum Gasteiger partial charge on any atom is 0.272 e. The summed E-state index contributed by atoms with van der Waals surface area (Å²) in [6, 6.07) is 0.186. The molecule has 0 bridgehead atoms. The van der Waals surface area contributed by atoms with Crippen molar-refractivity contribution in [3.63, 3.8) is 0 Å². The fourth-order valence-corrected chi connectivity index (χ4v) is 2.42. The zero-order valence-electron chi connectivity index (χ0n) is 11.3. The van der Waals surface area contributed by atoms with Gasteiger partial charge in [0.25, 0.3) is 5.91 Å². The van der Waals surface area contributed by atoms with Crippen LogP contribution in [0.1, 0.15) is 60.5 Å². The summed E-state index contributed by atoms with van der Waals surface area (Å²) >= 11 is 0. The van der Waals surface area contributed by atoms with E-state index in [0.29, 0.717) is 0 Å². The summed E-state index contributed by atoms with van der Waals surface area (Å²) in [5, 5.41) is 2.96. The fourth-order valence-electron chi connectivity index (χ4n) is 2.42. The Morgan fingerprint density at radius 1 is 1.11 bits per heavy atom. The van der Waals surface area contributed by atoms with Gasteiger partial charge in [0.05, 0.1) is 0 Å². The summed E-state index contributed by atoms with van der Waals surface area (Å²) in [4.78, 5) is 31.5. The second-order valence-electron chi connectivity index (χ2n) is 5.24. The van der Waals surface area contributed by atoms with E-state index in [1.54, 1.807) is 0 Å². The Balaban J connectivity index is 2.06. The molecule has 0 radical (unpaired) electrons. The van der Waals surface area contributed by atoms with Crippen LogP contribution in [-0.2, 0) is 0 Å². The predicted octanol–water partition coefficient (Wildman–Crippen LogP) is 1.99. The van der Waals surface area contributed by atoms with Gasteiger partial charge in [-0.05, 0) is 31.6 Å². The highest BCUT2D eigenvalue weighted by Crippen LogP contribution is 2.23. The fraction of sp³-hybridized carbons (Fsp3) is 0.571. The molecular formula is C14H19N3O2. The van der Waals surface area contributed by atoms with Crippen molar-refractivity contribution in [2.24, 2.45) is 5.92 Å². The molecule has 5 heteroatoms. The predicted molar refractivity (Wildman–Crippen MR) is 70.9 cm³/mol. The molecule has 19 heavy (non-hydrogen) atoms. The number of nitrogens with zero attached hydrogens (tertiary/aromatic N) is 2. The van der Waals surface area contributed by atoms with Crippen molar-refractivity contribution < 1.29 is 9.59 Å². The lowest BCUT2D eigenvalue weighted by Gasteiger charge is -2.26. The summed E-state index contributed by atoms with van der Waals surface area (Å²) in [5.41, 5.74) is 0.276. The standard InChI is InChI=1S/C14H19N3O2/c1-9-3-5-11(6-4-9)17-14(19)13-12(10(2)18)15-7-8-16-13/h7-9,11H,3-6H2,1-2H3,(H,17,19). The number of hydrogen-bond acceptors (Lipinski definition) is 4. The van der Waals surface area contributed by atoms with Crippen LogP contribution in [-0.4, -0.2) is 27.7 Å². The molecule has 1 N–H and O–H groups in total. The average molecular weight is 261 g/mol. The molecule has 0 atom stereocenters. The third-order valence-corrected chi connectivity index (χ3v) is 3.60. The van der Waals surface area contributed by atoms with Crippen molar-refractivity contribution in [1.82, 2.24) is 15.3 Å². The van der Waals surface area contributed by atoms with Crippen LogP contribution < -0.4 is 5.32 Å². The second kappa shape index (κ2) is 5.91. The van der Waals surface area contributed by atoms with Crippen molar-refractivity contribution in [3.05, 3.63) is 23.8 Å². The van der Waals surface area contributed by atoms with Gasteiger partial charge in [-0.2, -0.15) is 0 Å². The molecular weight excluding hydrogens is 242 g/mol. The number of Topliss-reactive ketones (excluding diaryl/α,β-unsaturated/α-hetero) is 1. The van der Waals surface area contributed by atoms with Crippen LogP contribution in [0.2, 0.25) is 0 Å². The minimum atomic E-state index is -0.294. The molecule has 102 valence electrons. The molecule has 1 fully saturated rings. The number of carbonyl (C=O) groups is 2. The summed E-state index contributed by atoms with van der Waals surface area (Å²) in [6.45, 7) is 3.62. The number of nitrogens with one attached hydrogen (secondary N) is 1. The first kappa shape index (κ1) is 13.6. The van der Waals surface area contributed by atoms with Crippen LogP contribution in [0.15, 0.2) is 12.4 Å². The van der Waals surface area contributed by atoms with Crippen LogP contribution >= 0.6 is 0 Å². The maximum absolute atomic E-state index is 12.2. The minimum Gasteiger partial charge on any atom is -0.348 e. The molecule has 1 heterocycles. The summed E-state index contributed by atoms with van der Waals surface area (Å²) in [7, 11) is 0. The molecule has 0 spiro atoms. The third-order valence-electron chi connectivity index (χ3n) is 3.60. The molecule has 1 amide bonds. The Morgan fingerprint density at radius 3 is 2.26 bits per heavy atom. The molecule has 1 saturated carbocycles. The van der Waals surface area contributed by atoms with E-state index in [1.165, 1.54) is 19.3 Å². The zero-order valence-corrected chi connectivity index (χ0v) is 11.3. The van der Waals surface area contributed by atoms with E-state index in [0.717, 1.165) is 31.6 Å². The SMILES string of the molecule is CC(=O)c1nccnc1C(=O)NC1CCC(C)CC1. The Morgan fingerprint density at radius 2 is 1.68 bits per heavy atom. The van der Waals surface area contributed by atoms with Gasteiger partial charge >= 0.3 is 0 Å². The quantitative estimate of drug-likeness (QED) is 0.844. The molecule has 0 aromatic carbocycles. The summed E-state index contributed by atoms with van der Waals surface area (Å²) in [6.07, 6.45) is 7.10. The summed E-state index contributed by atoms with van der Waals surface area (Å²) in [5.74, 6) is 0.200. The van der Waals surface area contributed by atoms with Gasteiger partial charge in [0.2, 0.25) is 0 Å². The van der Waals surface area contributed by atoms with E-state index in [-0.39, 0.29) is 29.1 Å².